The summed E-state index contributed by atoms with van der Waals surface area (Å²) in [6, 6.07) is 19.7. The summed E-state index contributed by atoms with van der Waals surface area (Å²) in [5.74, 6) is -0.113. The zero-order valence-electron chi connectivity index (χ0n) is 15.8. The van der Waals surface area contributed by atoms with Gasteiger partial charge >= 0.3 is 0 Å². The summed E-state index contributed by atoms with van der Waals surface area (Å²) < 4.78 is 1.80. The quantitative estimate of drug-likeness (QED) is 0.580. The summed E-state index contributed by atoms with van der Waals surface area (Å²) in [4.78, 5) is 14.4. The second-order valence-electron chi connectivity index (χ2n) is 6.82. The zero-order chi connectivity index (χ0) is 19.5. The number of para-hydroxylation sites is 1. The van der Waals surface area contributed by atoms with Gasteiger partial charge in [-0.05, 0) is 25.1 Å². The molecule has 1 amide bonds. The highest BCUT2D eigenvalue weighted by molar-refractivity contribution is 5.93. The Labute approximate surface area is 163 Å². The normalized spacial score (nSPS) is 10.8. The standard InChI is InChI=1S/C22H21N5O/c1-16-8-10-18(11-9-16)20-12-21(25-24-20)22(28)26(2)14-17-13-23-27(15-17)19-6-4-3-5-7-19/h3-13,15H,14H2,1-2H3,(H,24,25). The molecule has 6 nitrogen and oxygen atoms in total. The molecule has 0 saturated carbocycles. The van der Waals surface area contributed by atoms with Gasteiger partial charge in [0, 0.05) is 30.9 Å². The van der Waals surface area contributed by atoms with Gasteiger partial charge in [0.25, 0.3) is 5.91 Å². The average molecular weight is 371 g/mol. The van der Waals surface area contributed by atoms with Crippen molar-refractivity contribution in [3.05, 3.63) is 89.9 Å². The van der Waals surface area contributed by atoms with E-state index in [1.807, 2.05) is 67.7 Å². The molecule has 0 fully saturated rings. The number of aromatic amines is 1. The third kappa shape index (κ3) is 3.71. The number of hydrogen-bond donors (Lipinski definition) is 1. The lowest BCUT2D eigenvalue weighted by molar-refractivity contribution is 0.0779. The molecule has 1 N–H and O–H groups in total. The Balaban J connectivity index is 1.45. The van der Waals surface area contributed by atoms with Crippen molar-refractivity contribution in [1.29, 1.82) is 0 Å². The van der Waals surface area contributed by atoms with E-state index < -0.39 is 0 Å². The SMILES string of the molecule is Cc1ccc(-c2cc(C(=O)N(C)Cc3cnn(-c4ccccc4)c3)[nH]n2)cc1. The molecule has 2 aromatic carbocycles. The van der Waals surface area contributed by atoms with Crippen LogP contribution in [0.3, 0.4) is 0 Å². The van der Waals surface area contributed by atoms with Gasteiger partial charge in [-0.1, -0.05) is 48.0 Å². The molecule has 28 heavy (non-hydrogen) atoms. The van der Waals surface area contributed by atoms with Crippen molar-refractivity contribution in [2.24, 2.45) is 0 Å². The summed E-state index contributed by atoms with van der Waals surface area (Å²) in [6.45, 7) is 2.50. The first-order valence-corrected chi connectivity index (χ1v) is 9.07. The Hall–Kier alpha value is -3.67. The Morgan fingerprint density at radius 1 is 1.11 bits per heavy atom. The highest BCUT2D eigenvalue weighted by atomic mass is 16.2. The molecule has 0 aliphatic rings. The predicted octanol–water partition coefficient (Wildman–Crippen LogP) is 3.84. The van der Waals surface area contributed by atoms with Crippen LogP contribution in [0.5, 0.6) is 0 Å². The Bertz CT molecular complexity index is 1080. The minimum absolute atomic E-state index is 0.113. The number of amides is 1. The van der Waals surface area contributed by atoms with Gasteiger partial charge in [0.15, 0.2) is 0 Å². The van der Waals surface area contributed by atoms with Gasteiger partial charge in [-0.25, -0.2) is 4.68 Å². The topological polar surface area (TPSA) is 66.8 Å². The molecular weight excluding hydrogens is 350 g/mol. The molecule has 0 aliphatic heterocycles. The van der Waals surface area contributed by atoms with Gasteiger partial charge in [0.05, 0.1) is 17.6 Å². The van der Waals surface area contributed by atoms with Gasteiger partial charge < -0.3 is 4.90 Å². The molecule has 0 saturated heterocycles. The number of nitrogens with zero attached hydrogens (tertiary/aromatic N) is 4. The molecule has 0 aliphatic carbocycles. The minimum Gasteiger partial charge on any atom is -0.336 e. The first-order valence-electron chi connectivity index (χ1n) is 9.07. The molecule has 140 valence electrons. The number of H-pyrrole nitrogens is 1. The van der Waals surface area contributed by atoms with Crippen LogP contribution in [-0.4, -0.2) is 37.8 Å². The highest BCUT2D eigenvalue weighted by Crippen LogP contribution is 2.19. The van der Waals surface area contributed by atoms with Crippen LogP contribution in [0.1, 0.15) is 21.6 Å². The van der Waals surface area contributed by atoms with Crippen LogP contribution < -0.4 is 0 Å². The largest absolute Gasteiger partial charge is 0.336 e. The lowest BCUT2D eigenvalue weighted by atomic mass is 10.1. The number of aryl methyl sites for hydroxylation is 1. The molecule has 2 heterocycles. The van der Waals surface area contributed by atoms with Crippen LogP contribution in [-0.2, 0) is 6.54 Å². The number of rotatable bonds is 5. The molecule has 6 heteroatoms. The monoisotopic (exact) mass is 371 g/mol. The highest BCUT2D eigenvalue weighted by Gasteiger charge is 2.16. The van der Waals surface area contributed by atoms with Crippen LogP contribution >= 0.6 is 0 Å². The van der Waals surface area contributed by atoms with Crippen LogP contribution in [0.15, 0.2) is 73.1 Å². The van der Waals surface area contributed by atoms with E-state index in [1.54, 1.807) is 28.9 Å². The fourth-order valence-electron chi connectivity index (χ4n) is 3.02. The number of nitrogens with one attached hydrogen (secondary N) is 1. The maximum absolute atomic E-state index is 12.8. The molecule has 0 unspecified atom stereocenters. The predicted molar refractivity (Wildman–Crippen MR) is 108 cm³/mol. The number of carbonyl (C=O) groups excluding carboxylic acids is 1. The summed E-state index contributed by atoms with van der Waals surface area (Å²) in [7, 11) is 1.77. The first kappa shape index (κ1) is 17.7. The van der Waals surface area contributed by atoms with E-state index in [2.05, 4.69) is 15.3 Å². The Morgan fingerprint density at radius 2 is 1.86 bits per heavy atom. The van der Waals surface area contributed by atoms with Crippen molar-refractivity contribution in [3.63, 3.8) is 0 Å². The van der Waals surface area contributed by atoms with Crippen molar-refractivity contribution in [2.45, 2.75) is 13.5 Å². The number of hydrogen-bond acceptors (Lipinski definition) is 3. The van der Waals surface area contributed by atoms with E-state index in [9.17, 15) is 4.79 Å². The van der Waals surface area contributed by atoms with Crippen molar-refractivity contribution in [1.82, 2.24) is 24.9 Å². The smallest absolute Gasteiger partial charge is 0.271 e. The third-order valence-electron chi connectivity index (χ3n) is 4.58. The van der Waals surface area contributed by atoms with Gasteiger partial charge in [0.1, 0.15) is 5.69 Å². The van der Waals surface area contributed by atoms with E-state index in [0.29, 0.717) is 12.2 Å². The Kier molecular flexibility index (Phi) is 4.76. The van der Waals surface area contributed by atoms with Gasteiger partial charge in [-0.15, -0.1) is 0 Å². The van der Waals surface area contributed by atoms with Crippen molar-refractivity contribution >= 4 is 5.91 Å². The van der Waals surface area contributed by atoms with Crippen molar-refractivity contribution in [3.8, 4) is 16.9 Å². The van der Waals surface area contributed by atoms with Crippen LogP contribution in [0.2, 0.25) is 0 Å². The molecule has 0 radical (unpaired) electrons. The van der Waals surface area contributed by atoms with E-state index in [1.165, 1.54) is 5.56 Å². The molecule has 2 aromatic heterocycles. The van der Waals surface area contributed by atoms with Gasteiger partial charge in [0.2, 0.25) is 0 Å². The van der Waals surface area contributed by atoms with Gasteiger partial charge in [-0.2, -0.15) is 10.2 Å². The fraction of sp³-hybridized carbons (Fsp3) is 0.136. The van der Waals surface area contributed by atoms with Gasteiger partial charge in [-0.3, -0.25) is 9.89 Å². The summed E-state index contributed by atoms with van der Waals surface area (Å²) in [5.41, 5.74) is 5.33. The molecule has 0 bridgehead atoms. The zero-order valence-corrected chi connectivity index (χ0v) is 15.8. The molecule has 0 spiro atoms. The van der Waals surface area contributed by atoms with E-state index in [-0.39, 0.29) is 5.91 Å². The van der Waals surface area contributed by atoms with Crippen molar-refractivity contribution < 1.29 is 4.79 Å². The second kappa shape index (κ2) is 7.52. The number of benzene rings is 2. The number of carbonyl (C=O) groups is 1. The van der Waals surface area contributed by atoms with Crippen LogP contribution in [0, 0.1) is 6.92 Å². The molecule has 4 aromatic rings. The van der Waals surface area contributed by atoms with Crippen LogP contribution in [0.4, 0.5) is 0 Å². The van der Waals surface area contributed by atoms with Crippen molar-refractivity contribution in [2.75, 3.05) is 7.05 Å². The first-order chi connectivity index (χ1) is 13.6. The summed E-state index contributed by atoms with van der Waals surface area (Å²) >= 11 is 0. The van der Waals surface area contributed by atoms with E-state index in [4.69, 9.17) is 0 Å². The lowest BCUT2D eigenvalue weighted by Gasteiger charge is -2.14. The maximum atomic E-state index is 12.8. The van der Waals surface area contributed by atoms with E-state index >= 15 is 0 Å². The average Bonchev–Trinajstić information content (AvgIpc) is 3.39. The second-order valence-corrected chi connectivity index (χ2v) is 6.82. The molecule has 4 rings (SSSR count). The molecule has 0 atom stereocenters. The summed E-state index contributed by atoms with van der Waals surface area (Å²) in [5, 5.41) is 11.5. The maximum Gasteiger partial charge on any atom is 0.271 e. The Morgan fingerprint density at radius 3 is 2.61 bits per heavy atom. The van der Waals surface area contributed by atoms with E-state index in [0.717, 1.165) is 22.5 Å². The molecular formula is C22H21N5O. The fourth-order valence-corrected chi connectivity index (χ4v) is 3.02. The van der Waals surface area contributed by atoms with Crippen LogP contribution in [0.25, 0.3) is 16.9 Å². The lowest BCUT2D eigenvalue weighted by Crippen LogP contribution is -2.26. The number of aromatic nitrogens is 4. The summed E-state index contributed by atoms with van der Waals surface area (Å²) in [6.07, 6.45) is 3.71. The third-order valence-corrected chi connectivity index (χ3v) is 4.58. The minimum atomic E-state index is -0.113.